The predicted octanol–water partition coefficient (Wildman–Crippen LogP) is 6.91. The highest BCUT2D eigenvalue weighted by Crippen LogP contribution is 2.44. The number of aryl methyl sites for hydroxylation is 1. The van der Waals surface area contributed by atoms with Gasteiger partial charge in [0.05, 0.1) is 12.3 Å². The number of unbranched alkanes of at least 4 members (excludes halogenated alkanes) is 5. The lowest BCUT2D eigenvalue weighted by Crippen LogP contribution is -2.32. The van der Waals surface area contributed by atoms with Crippen molar-refractivity contribution < 1.29 is 24.2 Å². The fourth-order valence-electron chi connectivity index (χ4n) is 5.13. The molecule has 1 atom stereocenters. The summed E-state index contributed by atoms with van der Waals surface area (Å²) < 4.78 is 13.4. The topological polar surface area (TPSA) is 107 Å². The lowest BCUT2D eigenvalue weighted by Gasteiger charge is -2.39. The van der Waals surface area contributed by atoms with Gasteiger partial charge in [0.2, 0.25) is 0 Å². The average Bonchev–Trinajstić information content (AvgIpc) is 2.83. The summed E-state index contributed by atoms with van der Waals surface area (Å²) in [5, 5.41) is 12.3. The van der Waals surface area contributed by atoms with Crippen molar-refractivity contribution in [2.45, 2.75) is 105 Å². The van der Waals surface area contributed by atoms with Gasteiger partial charge in [0.15, 0.2) is 5.43 Å². The van der Waals surface area contributed by atoms with E-state index < -0.39 is 17.0 Å². The van der Waals surface area contributed by atoms with Crippen LogP contribution in [-0.4, -0.2) is 40.5 Å². The van der Waals surface area contributed by atoms with Gasteiger partial charge in [0.25, 0.3) is 0 Å². The second-order valence-electron chi connectivity index (χ2n) is 12.9. The zero-order valence-corrected chi connectivity index (χ0v) is 25.2. The number of aromatic carboxylic acids is 1. The van der Waals surface area contributed by atoms with Crippen molar-refractivity contribution in [1.29, 1.82) is 0 Å². The molecule has 0 bridgehead atoms. The summed E-state index contributed by atoms with van der Waals surface area (Å²) in [6, 6.07) is 5.62. The number of aromatic nitrogens is 1. The van der Waals surface area contributed by atoms with Crippen LogP contribution in [0.3, 0.4) is 0 Å². The van der Waals surface area contributed by atoms with Gasteiger partial charge in [0.1, 0.15) is 16.9 Å². The molecule has 0 fully saturated rings. The molecule has 2 aromatic rings. The van der Waals surface area contributed by atoms with E-state index in [0.717, 1.165) is 73.1 Å². The monoisotopic (exact) mass is 554 g/mol. The van der Waals surface area contributed by atoms with Gasteiger partial charge in [-0.1, -0.05) is 46.5 Å². The third kappa shape index (κ3) is 8.35. The number of carboxylic acids is 1. The fourth-order valence-corrected chi connectivity index (χ4v) is 5.13. The number of amides is 1. The Labute approximate surface area is 238 Å². The van der Waals surface area contributed by atoms with E-state index in [1.807, 2.05) is 32.3 Å². The van der Waals surface area contributed by atoms with Crippen LogP contribution in [0.5, 0.6) is 5.75 Å². The Morgan fingerprint density at radius 2 is 1.65 bits per heavy atom. The van der Waals surface area contributed by atoms with Gasteiger partial charge >= 0.3 is 12.1 Å². The molecule has 1 aromatic heterocycles. The van der Waals surface area contributed by atoms with Gasteiger partial charge in [-0.15, -0.1) is 0 Å². The van der Waals surface area contributed by atoms with Crippen LogP contribution in [-0.2, 0) is 11.2 Å². The summed E-state index contributed by atoms with van der Waals surface area (Å²) in [5.74, 6) is -0.341. The Morgan fingerprint density at radius 3 is 2.27 bits per heavy atom. The predicted molar refractivity (Wildman–Crippen MR) is 157 cm³/mol. The third-order valence-electron chi connectivity index (χ3n) is 7.23. The molecule has 3 rings (SSSR count). The first-order valence-corrected chi connectivity index (χ1v) is 14.4. The first kappa shape index (κ1) is 31.2. The molecular formula is C32H46N2O6. The summed E-state index contributed by atoms with van der Waals surface area (Å²) >= 11 is 0. The van der Waals surface area contributed by atoms with E-state index in [-0.39, 0.29) is 23.1 Å². The second kappa shape index (κ2) is 12.9. The number of benzene rings is 1. The second-order valence-corrected chi connectivity index (χ2v) is 12.9. The Morgan fingerprint density at radius 1 is 1.00 bits per heavy atom. The quantitative estimate of drug-likeness (QED) is 0.292. The van der Waals surface area contributed by atoms with Gasteiger partial charge < -0.3 is 24.5 Å². The molecule has 8 heteroatoms. The van der Waals surface area contributed by atoms with E-state index in [9.17, 15) is 19.5 Å². The average molecular weight is 555 g/mol. The lowest BCUT2D eigenvalue weighted by atomic mass is 9.78. The number of carbonyl (C=O) groups excluding carboxylic acids is 1. The normalized spacial score (nSPS) is 14.7. The number of carbonyl (C=O) groups is 2. The van der Waals surface area contributed by atoms with Gasteiger partial charge in [0, 0.05) is 30.4 Å². The highest BCUT2D eigenvalue weighted by molar-refractivity contribution is 5.87. The van der Waals surface area contributed by atoms with E-state index in [2.05, 4.69) is 38.2 Å². The molecule has 1 aromatic carbocycles. The number of ether oxygens (including phenoxy) is 2. The molecule has 8 nitrogen and oxygen atoms in total. The molecule has 0 unspecified atom stereocenters. The maximum Gasteiger partial charge on any atom is 0.407 e. The van der Waals surface area contributed by atoms with Crippen molar-refractivity contribution >= 4 is 12.1 Å². The highest BCUT2D eigenvalue weighted by atomic mass is 16.6. The van der Waals surface area contributed by atoms with Gasteiger partial charge in [-0.25, -0.2) is 9.59 Å². The summed E-state index contributed by atoms with van der Waals surface area (Å²) in [4.78, 5) is 35.9. The number of hydrogen-bond acceptors (Lipinski definition) is 5. The van der Waals surface area contributed by atoms with Gasteiger partial charge in [-0.05, 0) is 75.6 Å². The number of fused-ring (bicyclic) bond motifs is 3. The number of nitrogens with zero attached hydrogens (tertiary/aromatic N) is 1. The van der Waals surface area contributed by atoms with E-state index in [0.29, 0.717) is 13.2 Å². The van der Waals surface area contributed by atoms with Crippen molar-refractivity contribution in [3.05, 3.63) is 51.3 Å². The molecular weight excluding hydrogens is 508 g/mol. The molecule has 0 saturated heterocycles. The molecule has 0 saturated carbocycles. The van der Waals surface area contributed by atoms with Crippen molar-refractivity contribution in [3.63, 3.8) is 0 Å². The van der Waals surface area contributed by atoms with E-state index >= 15 is 0 Å². The maximum atomic E-state index is 12.6. The molecule has 40 heavy (non-hydrogen) atoms. The summed E-state index contributed by atoms with van der Waals surface area (Å²) in [5.41, 5.74) is 2.53. The van der Waals surface area contributed by atoms with Gasteiger partial charge in [-0.2, -0.15) is 0 Å². The van der Waals surface area contributed by atoms with Crippen molar-refractivity contribution in [2.24, 2.45) is 5.41 Å². The number of alkyl carbamates (subject to hydrolysis) is 1. The van der Waals surface area contributed by atoms with Crippen LogP contribution in [0, 0.1) is 12.3 Å². The Bertz CT molecular complexity index is 1270. The zero-order chi connectivity index (χ0) is 29.7. The van der Waals surface area contributed by atoms with Crippen LogP contribution in [0.2, 0.25) is 0 Å². The van der Waals surface area contributed by atoms with Crippen LogP contribution in [0.15, 0.2) is 29.2 Å². The molecule has 2 heterocycles. The largest absolute Gasteiger partial charge is 0.493 e. The number of carboxylic acid groups (broad SMARTS) is 1. The fraction of sp³-hybridized carbons (Fsp3) is 0.594. The van der Waals surface area contributed by atoms with Crippen molar-refractivity contribution in [1.82, 2.24) is 9.88 Å². The van der Waals surface area contributed by atoms with Crippen LogP contribution in [0.1, 0.15) is 108 Å². The summed E-state index contributed by atoms with van der Waals surface area (Å²) in [6.07, 6.45) is 8.16. The summed E-state index contributed by atoms with van der Waals surface area (Å²) in [6.45, 7) is 15.2. The molecule has 0 radical (unpaired) electrons. The molecule has 1 amide bonds. The Balaban J connectivity index is 1.53. The van der Waals surface area contributed by atoms with E-state index in [1.54, 1.807) is 0 Å². The summed E-state index contributed by atoms with van der Waals surface area (Å²) in [7, 11) is 0. The standard InChI is InChI=1S/C32H46N2O6/c1-21-16-23-22(18-28(31(2,3)4)34-20-24(29(36)37)26(35)19-25(23)34)17-27(21)39-15-13-11-9-8-10-12-14-33-30(38)40-32(5,6)7/h16-17,19-20,28H,8-15,18H2,1-7H3,(H,33,38)(H,36,37)/t28-/m1/s1. The molecule has 220 valence electrons. The lowest BCUT2D eigenvalue weighted by molar-refractivity contribution is 0.0526. The smallest absolute Gasteiger partial charge is 0.407 e. The number of nitrogens with one attached hydrogen (secondary N) is 1. The molecule has 0 aliphatic carbocycles. The first-order chi connectivity index (χ1) is 18.7. The third-order valence-corrected chi connectivity index (χ3v) is 7.23. The number of hydrogen-bond donors (Lipinski definition) is 2. The molecule has 1 aliphatic rings. The van der Waals surface area contributed by atoms with Gasteiger partial charge in [-0.3, -0.25) is 4.79 Å². The molecule has 1 aliphatic heterocycles. The minimum atomic E-state index is -1.20. The number of rotatable bonds is 11. The van der Waals surface area contributed by atoms with Crippen LogP contribution < -0.4 is 15.5 Å². The van der Waals surface area contributed by atoms with Crippen LogP contribution in [0.25, 0.3) is 11.3 Å². The Hall–Kier alpha value is -3.29. The Kier molecular flexibility index (Phi) is 10.1. The van der Waals surface area contributed by atoms with Crippen LogP contribution >= 0.6 is 0 Å². The first-order valence-electron chi connectivity index (χ1n) is 14.4. The van der Waals surface area contributed by atoms with E-state index in [1.165, 1.54) is 12.3 Å². The maximum absolute atomic E-state index is 12.6. The van der Waals surface area contributed by atoms with Crippen molar-refractivity contribution in [3.8, 4) is 17.0 Å². The number of pyridine rings is 1. The van der Waals surface area contributed by atoms with E-state index in [4.69, 9.17) is 9.47 Å². The minimum Gasteiger partial charge on any atom is -0.493 e. The minimum absolute atomic E-state index is 0.00333. The highest BCUT2D eigenvalue weighted by Gasteiger charge is 2.34. The zero-order valence-electron chi connectivity index (χ0n) is 25.2. The molecule has 0 spiro atoms. The SMILES string of the molecule is Cc1cc2c(cc1OCCCCCCCCNC(=O)OC(C)(C)C)C[C@H](C(C)(C)C)n1cc(C(=O)O)c(=O)cc1-2. The van der Waals surface area contributed by atoms with Crippen LogP contribution in [0.4, 0.5) is 4.79 Å². The molecule has 2 N–H and O–H groups in total. The van der Waals surface area contributed by atoms with Crippen molar-refractivity contribution in [2.75, 3.05) is 13.2 Å².